The number of alkyl halides is 1. The summed E-state index contributed by atoms with van der Waals surface area (Å²) in [6.45, 7) is 2.11. The first-order valence-electron chi connectivity index (χ1n) is 7.02. The number of hydrogen-bond donors (Lipinski definition) is 0. The zero-order valence-corrected chi connectivity index (χ0v) is 13.4. The summed E-state index contributed by atoms with van der Waals surface area (Å²) >= 11 is 3.76. The SMILES string of the molecule is Cc1ccc2ccccc2c1C(Br)Cc1ccccc1F. The maximum absolute atomic E-state index is 13.9. The van der Waals surface area contributed by atoms with Gasteiger partial charge < -0.3 is 0 Å². The Morgan fingerprint density at radius 3 is 2.48 bits per heavy atom. The molecule has 0 aromatic heterocycles. The number of fused-ring (bicyclic) bond motifs is 1. The molecule has 2 heteroatoms. The summed E-state index contributed by atoms with van der Waals surface area (Å²) in [5.74, 6) is -0.139. The molecule has 0 spiro atoms. The van der Waals surface area contributed by atoms with Gasteiger partial charge in [0, 0.05) is 4.83 Å². The molecular formula is C19H16BrF. The van der Waals surface area contributed by atoms with Crippen molar-refractivity contribution in [3.05, 3.63) is 83.2 Å². The monoisotopic (exact) mass is 342 g/mol. The molecule has 0 radical (unpaired) electrons. The van der Waals surface area contributed by atoms with E-state index in [0.29, 0.717) is 6.42 Å². The molecule has 0 aliphatic rings. The zero-order chi connectivity index (χ0) is 14.8. The van der Waals surface area contributed by atoms with Gasteiger partial charge in [0.15, 0.2) is 0 Å². The largest absolute Gasteiger partial charge is 0.207 e. The predicted octanol–water partition coefficient (Wildman–Crippen LogP) is 5.97. The van der Waals surface area contributed by atoms with E-state index in [1.165, 1.54) is 28.0 Å². The molecule has 0 aliphatic carbocycles. The first-order valence-corrected chi connectivity index (χ1v) is 7.94. The van der Waals surface area contributed by atoms with E-state index in [0.717, 1.165) is 5.56 Å². The second-order valence-corrected chi connectivity index (χ2v) is 6.39. The van der Waals surface area contributed by atoms with Gasteiger partial charge in [0.1, 0.15) is 5.82 Å². The van der Waals surface area contributed by atoms with Crippen LogP contribution in [0.2, 0.25) is 0 Å². The quantitative estimate of drug-likeness (QED) is 0.514. The Morgan fingerprint density at radius 1 is 0.952 bits per heavy atom. The van der Waals surface area contributed by atoms with Crippen LogP contribution in [-0.2, 0) is 6.42 Å². The van der Waals surface area contributed by atoms with Crippen molar-refractivity contribution in [2.45, 2.75) is 18.2 Å². The van der Waals surface area contributed by atoms with Crippen LogP contribution in [0.1, 0.15) is 21.5 Å². The highest BCUT2D eigenvalue weighted by Crippen LogP contribution is 2.35. The Kier molecular flexibility index (Phi) is 4.07. The number of rotatable bonds is 3. The average Bonchev–Trinajstić information content (AvgIpc) is 2.49. The van der Waals surface area contributed by atoms with Crippen molar-refractivity contribution >= 4 is 26.7 Å². The molecule has 106 valence electrons. The number of halogens is 2. The number of hydrogen-bond acceptors (Lipinski definition) is 0. The van der Waals surface area contributed by atoms with Crippen LogP contribution in [0.5, 0.6) is 0 Å². The van der Waals surface area contributed by atoms with E-state index in [1.807, 2.05) is 24.3 Å². The normalized spacial score (nSPS) is 12.5. The lowest BCUT2D eigenvalue weighted by atomic mass is 9.94. The van der Waals surface area contributed by atoms with Crippen LogP contribution in [0.25, 0.3) is 10.8 Å². The van der Waals surface area contributed by atoms with E-state index in [2.05, 4.69) is 47.1 Å². The third-order valence-corrected chi connectivity index (χ3v) is 4.64. The smallest absolute Gasteiger partial charge is 0.126 e. The van der Waals surface area contributed by atoms with Gasteiger partial charge in [-0.1, -0.05) is 70.5 Å². The lowest BCUT2D eigenvalue weighted by Crippen LogP contribution is -2.01. The Labute approximate surface area is 132 Å². The van der Waals surface area contributed by atoms with Crippen LogP contribution in [0, 0.1) is 12.7 Å². The van der Waals surface area contributed by atoms with Gasteiger partial charge in [-0.15, -0.1) is 0 Å². The lowest BCUT2D eigenvalue weighted by Gasteiger charge is -2.17. The summed E-state index contributed by atoms with van der Waals surface area (Å²) in [4.78, 5) is 0.0977. The molecule has 3 rings (SSSR count). The van der Waals surface area contributed by atoms with Crippen LogP contribution in [0.15, 0.2) is 60.7 Å². The maximum Gasteiger partial charge on any atom is 0.126 e. The number of benzene rings is 3. The summed E-state index contributed by atoms with van der Waals surface area (Å²) in [6, 6.07) is 19.6. The molecule has 0 fully saturated rings. The second kappa shape index (κ2) is 5.98. The van der Waals surface area contributed by atoms with Crippen LogP contribution >= 0.6 is 15.9 Å². The fraction of sp³-hybridized carbons (Fsp3) is 0.158. The molecule has 0 saturated carbocycles. The lowest BCUT2D eigenvalue weighted by molar-refractivity contribution is 0.608. The highest BCUT2D eigenvalue weighted by Gasteiger charge is 2.16. The van der Waals surface area contributed by atoms with Crippen LogP contribution in [0.4, 0.5) is 4.39 Å². The zero-order valence-electron chi connectivity index (χ0n) is 11.8. The van der Waals surface area contributed by atoms with Crippen molar-refractivity contribution in [3.63, 3.8) is 0 Å². The van der Waals surface area contributed by atoms with Crippen molar-refractivity contribution < 1.29 is 4.39 Å². The summed E-state index contributed by atoms with van der Waals surface area (Å²) in [5, 5.41) is 2.45. The molecule has 0 N–H and O–H groups in total. The van der Waals surface area contributed by atoms with Crippen molar-refractivity contribution in [2.75, 3.05) is 0 Å². The molecule has 1 unspecified atom stereocenters. The summed E-state index contributed by atoms with van der Waals surface area (Å²) in [6.07, 6.45) is 0.640. The standard InChI is InChI=1S/C19H16BrF/c1-13-10-11-14-6-2-4-8-16(14)19(13)17(20)12-15-7-3-5-9-18(15)21/h2-11,17H,12H2,1H3. The van der Waals surface area contributed by atoms with Crippen molar-refractivity contribution in [1.29, 1.82) is 0 Å². The number of aryl methyl sites for hydroxylation is 1. The van der Waals surface area contributed by atoms with Gasteiger partial charge in [-0.3, -0.25) is 0 Å². The van der Waals surface area contributed by atoms with Crippen molar-refractivity contribution in [2.24, 2.45) is 0 Å². The molecule has 0 aliphatic heterocycles. The summed E-state index contributed by atoms with van der Waals surface area (Å²) < 4.78 is 13.9. The molecule has 0 bridgehead atoms. The molecule has 21 heavy (non-hydrogen) atoms. The summed E-state index contributed by atoms with van der Waals surface area (Å²) in [5.41, 5.74) is 3.22. The van der Waals surface area contributed by atoms with Gasteiger partial charge in [0.25, 0.3) is 0 Å². The molecule has 3 aromatic rings. The van der Waals surface area contributed by atoms with Gasteiger partial charge in [-0.25, -0.2) is 4.39 Å². The molecule has 0 heterocycles. The van der Waals surface area contributed by atoms with E-state index in [9.17, 15) is 4.39 Å². The van der Waals surface area contributed by atoms with Crippen LogP contribution in [-0.4, -0.2) is 0 Å². The van der Waals surface area contributed by atoms with Gasteiger partial charge >= 0.3 is 0 Å². The fourth-order valence-electron chi connectivity index (χ4n) is 2.78. The molecule has 0 nitrogen and oxygen atoms in total. The third-order valence-electron chi connectivity index (χ3n) is 3.86. The Balaban J connectivity index is 2.04. The fourth-order valence-corrected chi connectivity index (χ4v) is 3.74. The predicted molar refractivity (Wildman–Crippen MR) is 90.5 cm³/mol. The first-order chi connectivity index (χ1) is 10.2. The van der Waals surface area contributed by atoms with Crippen molar-refractivity contribution in [3.8, 4) is 0 Å². The topological polar surface area (TPSA) is 0 Å². The maximum atomic E-state index is 13.9. The van der Waals surface area contributed by atoms with E-state index >= 15 is 0 Å². The Bertz CT molecular complexity index is 779. The van der Waals surface area contributed by atoms with Crippen LogP contribution < -0.4 is 0 Å². The minimum Gasteiger partial charge on any atom is -0.207 e. The minimum absolute atomic E-state index is 0.0977. The first kappa shape index (κ1) is 14.3. The van der Waals surface area contributed by atoms with E-state index in [4.69, 9.17) is 0 Å². The Morgan fingerprint density at radius 2 is 1.67 bits per heavy atom. The van der Waals surface area contributed by atoms with Crippen LogP contribution in [0.3, 0.4) is 0 Å². The van der Waals surface area contributed by atoms with Gasteiger partial charge in [-0.2, -0.15) is 0 Å². The molecular weight excluding hydrogens is 327 g/mol. The van der Waals surface area contributed by atoms with E-state index < -0.39 is 0 Å². The third kappa shape index (κ3) is 2.86. The molecule has 3 aromatic carbocycles. The molecule has 0 amide bonds. The summed E-state index contributed by atoms with van der Waals surface area (Å²) in [7, 11) is 0. The second-order valence-electron chi connectivity index (χ2n) is 5.28. The van der Waals surface area contributed by atoms with Gasteiger partial charge in [0.05, 0.1) is 0 Å². The average molecular weight is 343 g/mol. The Hall–Kier alpha value is -1.67. The van der Waals surface area contributed by atoms with Crippen molar-refractivity contribution in [1.82, 2.24) is 0 Å². The van der Waals surface area contributed by atoms with E-state index in [1.54, 1.807) is 6.07 Å². The highest BCUT2D eigenvalue weighted by molar-refractivity contribution is 9.09. The van der Waals surface area contributed by atoms with E-state index in [-0.39, 0.29) is 10.6 Å². The highest BCUT2D eigenvalue weighted by atomic mass is 79.9. The molecule has 0 saturated heterocycles. The van der Waals surface area contributed by atoms with Gasteiger partial charge in [-0.05, 0) is 46.9 Å². The van der Waals surface area contributed by atoms with Gasteiger partial charge in [0.2, 0.25) is 0 Å². The molecule has 1 atom stereocenters. The minimum atomic E-state index is -0.139.